The maximum atomic E-state index is 10.6. The Labute approximate surface area is 139 Å². The average molecular weight is 382 g/mol. The van der Waals surface area contributed by atoms with Crippen molar-refractivity contribution in [3.8, 4) is 0 Å². The molecule has 1 saturated carbocycles. The molecular weight excluding hydrogens is 362 g/mol. The van der Waals surface area contributed by atoms with E-state index in [1.165, 1.54) is 44.9 Å². The minimum absolute atomic E-state index is 0.497. The van der Waals surface area contributed by atoms with Crippen LogP contribution in [0.25, 0.3) is 0 Å². The molecule has 4 N–H and O–H groups in total. The minimum Gasteiger partial charge on any atom is -0.475 e. The van der Waals surface area contributed by atoms with Crippen LogP contribution in [-0.4, -0.2) is 46.6 Å². The van der Waals surface area contributed by atoms with Crippen LogP contribution in [0.1, 0.15) is 44.9 Å². The number of aliphatic carboxylic acids is 2. The predicted octanol–water partition coefficient (Wildman–Crippen LogP) is 2.84. The van der Waals surface area contributed by atoms with E-state index in [1.807, 2.05) is 0 Å². The Hall–Kier alpha value is -1.56. The van der Waals surface area contributed by atoms with Gasteiger partial charge >= 0.3 is 24.3 Å². The number of carboxylic acids is 2. The number of carbonyl (C=O) groups is 2. The topological polar surface area (TPSA) is 98.7 Å². The molecule has 1 aliphatic heterocycles. The van der Waals surface area contributed by atoms with Gasteiger partial charge in [-0.15, -0.1) is 0 Å². The number of halogens is 6. The van der Waals surface area contributed by atoms with Crippen molar-refractivity contribution in [1.82, 2.24) is 10.9 Å². The van der Waals surface area contributed by atoms with Crippen LogP contribution in [0.2, 0.25) is 0 Å². The predicted molar refractivity (Wildman–Crippen MR) is 73.6 cm³/mol. The third kappa shape index (κ3) is 10.1. The Kier molecular flexibility index (Phi) is 9.19. The number of alkyl halides is 6. The first-order valence-corrected chi connectivity index (χ1v) is 7.40. The lowest BCUT2D eigenvalue weighted by Crippen LogP contribution is -2.57. The quantitative estimate of drug-likeness (QED) is 0.481. The van der Waals surface area contributed by atoms with E-state index in [2.05, 4.69) is 10.9 Å². The van der Waals surface area contributed by atoms with E-state index < -0.39 is 24.3 Å². The highest BCUT2D eigenvalue weighted by Gasteiger charge is 2.38. The fourth-order valence-corrected chi connectivity index (χ4v) is 2.43. The van der Waals surface area contributed by atoms with Crippen molar-refractivity contribution >= 4 is 11.9 Å². The fraction of sp³-hybridized carbons (Fsp3) is 0.846. The first kappa shape index (κ1) is 23.4. The maximum Gasteiger partial charge on any atom is 0.490 e. The molecule has 1 heterocycles. The zero-order valence-corrected chi connectivity index (χ0v) is 13.1. The van der Waals surface area contributed by atoms with Crippen LogP contribution < -0.4 is 10.9 Å². The van der Waals surface area contributed by atoms with Gasteiger partial charge in [-0.25, -0.2) is 9.59 Å². The van der Waals surface area contributed by atoms with E-state index in [0.29, 0.717) is 5.54 Å². The van der Waals surface area contributed by atoms with E-state index in [9.17, 15) is 26.3 Å². The molecular formula is C13H20F6N2O4. The van der Waals surface area contributed by atoms with Crippen molar-refractivity contribution in [2.75, 3.05) is 6.54 Å². The van der Waals surface area contributed by atoms with Gasteiger partial charge in [-0.3, -0.25) is 10.9 Å². The van der Waals surface area contributed by atoms with E-state index in [1.54, 1.807) is 0 Å². The summed E-state index contributed by atoms with van der Waals surface area (Å²) in [6.07, 6.45) is -0.347. The molecule has 1 aliphatic carbocycles. The van der Waals surface area contributed by atoms with E-state index in [4.69, 9.17) is 19.8 Å². The van der Waals surface area contributed by atoms with E-state index in [-0.39, 0.29) is 0 Å². The molecule has 148 valence electrons. The van der Waals surface area contributed by atoms with Crippen LogP contribution in [-0.2, 0) is 9.59 Å². The monoisotopic (exact) mass is 382 g/mol. The summed E-state index contributed by atoms with van der Waals surface area (Å²) in [7, 11) is 0. The molecule has 0 radical (unpaired) electrons. The highest BCUT2D eigenvalue weighted by atomic mass is 19.4. The number of rotatable bonds is 0. The van der Waals surface area contributed by atoms with Gasteiger partial charge in [0, 0.05) is 12.1 Å². The molecule has 25 heavy (non-hydrogen) atoms. The van der Waals surface area contributed by atoms with Gasteiger partial charge in [-0.2, -0.15) is 26.3 Å². The van der Waals surface area contributed by atoms with Crippen LogP contribution in [0.3, 0.4) is 0 Å². The summed E-state index contributed by atoms with van der Waals surface area (Å²) in [5.74, 6) is -5.51. The summed E-state index contributed by atoms with van der Waals surface area (Å²) < 4.78 is 63.5. The van der Waals surface area contributed by atoms with Gasteiger partial charge in [-0.1, -0.05) is 19.3 Å². The molecule has 6 nitrogen and oxygen atoms in total. The molecule has 2 fully saturated rings. The highest BCUT2D eigenvalue weighted by molar-refractivity contribution is 5.73. The van der Waals surface area contributed by atoms with Gasteiger partial charge in [-0.05, 0) is 25.7 Å². The van der Waals surface area contributed by atoms with Crippen LogP contribution in [0.5, 0.6) is 0 Å². The summed E-state index contributed by atoms with van der Waals surface area (Å²) in [5.41, 5.74) is 7.28. The molecule has 0 amide bonds. The third-order valence-electron chi connectivity index (χ3n) is 3.61. The normalized spacial score (nSPS) is 19.8. The van der Waals surface area contributed by atoms with Crippen molar-refractivity contribution in [3.63, 3.8) is 0 Å². The Bertz CT molecular complexity index is 384. The summed E-state index contributed by atoms with van der Waals surface area (Å²) in [5, 5.41) is 14.2. The largest absolute Gasteiger partial charge is 0.490 e. The van der Waals surface area contributed by atoms with Crippen LogP contribution in [0, 0.1) is 0 Å². The maximum absolute atomic E-state index is 10.6. The van der Waals surface area contributed by atoms with Gasteiger partial charge in [0.2, 0.25) is 0 Å². The van der Waals surface area contributed by atoms with Crippen molar-refractivity contribution in [2.45, 2.75) is 62.8 Å². The van der Waals surface area contributed by atoms with Crippen LogP contribution >= 0.6 is 0 Å². The van der Waals surface area contributed by atoms with Crippen molar-refractivity contribution < 1.29 is 46.1 Å². The molecule has 1 spiro atoms. The molecule has 2 aliphatic rings. The summed E-state index contributed by atoms with van der Waals surface area (Å²) in [4.78, 5) is 17.8. The van der Waals surface area contributed by atoms with Gasteiger partial charge in [0.1, 0.15) is 0 Å². The highest BCUT2D eigenvalue weighted by Crippen LogP contribution is 2.32. The van der Waals surface area contributed by atoms with Gasteiger partial charge in [0.25, 0.3) is 0 Å². The van der Waals surface area contributed by atoms with Gasteiger partial charge in [0.05, 0.1) is 0 Å². The van der Waals surface area contributed by atoms with Crippen molar-refractivity contribution in [3.05, 3.63) is 0 Å². The lowest BCUT2D eigenvalue weighted by Gasteiger charge is -2.41. The molecule has 0 aromatic rings. The Balaban J connectivity index is 0.000000366. The molecule has 0 bridgehead atoms. The van der Waals surface area contributed by atoms with Gasteiger partial charge < -0.3 is 10.2 Å². The first-order valence-electron chi connectivity index (χ1n) is 7.40. The Morgan fingerprint density at radius 1 is 0.760 bits per heavy atom. The van der Waals surface area contributed by atoms with Crippen molar-refractivity contribution in [2.24, 2.45) is 0 Å². The van der Waals surface area contributed by atoms with Gasteiger partial charge in [0.15, 0.2) is 0 Å². The minimum atomic E-state index is -5.08. The Morgan fingerprint density at radius 3 is 1.40 bits per heavy atom. The summed E-state index contributed by atoms with van der Waals surface area (Å²) in [6, 6.07) is 0. The average Bonchev–Trinajstić information content (AvgIpc) is 2.48. The van der Waals surface area contributed by atoms with Crippen molar-refractivity contribution in [1.29, 1.82) is 0 Å². The molecule has 1 saturated heterocycles. The standard InChI is InChI=1S/C9H18N2.2C2HF3O2/c1-2-5-9(6-3-1)7-4-8-10-11-9;2*3-2(4,5)1(6)7/h10-11H,1-8H2;2*(H,6,7). The molecule has 0 aromatic carbocycles. The zero-order valence-electron chi connectivity index (χ0n) is 13.1. The second-order valence-electron chi connectivity index (χ2n) is 5.60. The molecule has 12 heteroatoms. The van der Waals surface area contributed by atoms with Crippen LogP contribution in [0.4, 0.5) is 26.3 Å². The lowest BCUT2D eigenvalue weighted by atomic mass is 9.78. The fourth-order valence-electron chi connectivity index (χ4n) is 2.43. The Morgan fingerprint density at radius 2 is 1.12 bits per heavy atom. The SMILES string of the molecule is C1CCC2(CC1)CCCNN2.O=C(O)C(F)(F)F.O=C(O)C(F)(F)F. The van der Waals surface area contributed by atoms with E-state index >= 15 is 0 Å². The molecule has 2 rings (SSSR count). The summed E-state index contributed by atoms with van der Waals surface area (Å²) >= 11 is 0. The number of hydrogen-bond donors (Lipinski definition) is 4. The lowest BCUT2D eigenvalue weighted by molar-refractivity contribution is -0.193. The molecule has 0 atom stereocenters. The second-order valence-corrected chi connectivity index (χ2v) is 5.60. The molecule has 0 unspecified atom stereocenters. The third-order valence-corrected chi connectivity index (χ3v) is 3.61. The van der Waals surface area contributed by atoms with Crippen LogP contribution in [0.15, 0.2) is 0 Å². The second kappa shape index (κ2) is 9.80. The number of nitrogens with one attached hydrogen (secondary N) is 2. The first-order chi connectivity index (χ1) is 11.3. The van der Waals surface area contributed by atoms with E-state index in [0.717, 1.165) is 6.54 Å². The smallest absolute Gasteiger partial charge is 0.475 e. The zero-order chi connectivity index (χ0) is 19.7. The molecule has 0 aromatic heterocycles. The number of hydrazine groups is 1. The summed E-state index contributed by atoms with van der Waals surface area (Å²) in [6.45, 7) is 1.15. The number of hydrogen-bond acceptors (Lipinski definition) is 4. The number of carboxylic acid groups (broad SMARTS) is 2.